The monoisotopic (exact) mass is 414 g/mol. The zero-order valence-corrected chi connectivity index (χ0v) is 17.4. The van der Waals surface area contributed by atoms with Crippen molar-refractivity contribution in [1.29, 1.82) is 0 Å². The molecule has 4 rings (SSSR count). The number of amides is 1. The van der Waals surface area contributed by atoms with E-state index < -0.39 is 0 Å². The van der Waals surface area contributed by atoms with Crippen molar-refractivity contribution in [3.8, 4) is 17.2 Å². The van der Waals surface area contributed by atoms with Crippen LogP contribution in [0.15, 0.2) is 36.4 Å². The molecule has 1 amide bonds. The molecule has 2 heterocycles. The molecule has 2 aliphatic rings. The van der Waals surface area contributed by atoms with Gasteiger partial charge in [0.25, 0.3) is 0 Å². The average Bonchev–Trinajstić information content (AvgIpc) is 2.78. The standard InChI is InChI=1S/C23H27FN2O4/c1-16(18-4-6-21-22(14-18)30-12-11-29-21)23(27)26-9-7-25(8-10-26)15-17-3-5-20(28-2)19(24)13-17/h3-6,13-14,16H,7-12,15H2,1-2H3. The van der Waals surface area contributed by atoms with Gasteiger partial charge >= 0.3 is 0 Å². The van der Waals surface area contributed by atoms with Gasteiger partial charge in [-0.05, 0) is 42.3 Å². The molecule has 30 heavy (non-hydrogen) atoms. The Hall–Kier alpha value is -2.80. The van der Waals surface area contributed by atoms with Crippen LogP contribution in [-0.4, -0.2) is 62.2 Å². The summed E-state index contributed by atoms with van der Waals surface area (Å²) in [5.74, 6) is 1.20. The Morgan fingerprint density at radius 3 is 2.50 bits per heavy atom. The van der Waals surface area contributed by atoms with E-state index in [4.69, 9.17) is 14.2 Å². The van der Waals surface area contributed by atoms with Crippen molar-refractivity contribution < 1.29 is 23.4 Å². The second-order valence-corrected chi connectivity index (χ2v) is 7.70. The first kappa shape index (κ1) is 20.5. The molecule has 0 aromatic heterocycles. The molecule has 0 N–H and O–H groups in total. The number of carbonyl (C=O) groups excluding carboxylic acids is 1. The molecule has 0 spiro atoms. The predicted molar refractivity (Wildman–Crippen MR) is 111 cm³/mol. The topological polar surface area (TPSA) is 51.2 Å². The van der Waals surface area contributed by atoms with Crippen molar-refractivity contribution >= 4 is 5.91 Å². The summed E-state index contributed by atoms with van der Waals surface area (Å²) in [6, 6.07) is 10.8. The predicted octanol–water partition coefficient (Wildman–Crippen LogP) is 3.05. The van der Waals surface area contributed by atoms with E-state index in [-0.39, 0.29) is 23.4 Å². The number of piperazine rings is 1. The molecule has 160 valence electrons. The maximum absolute atomic E-state index is 13.9. The molecule has 6 nitrogen and oxygen atoms in total. The quantitative estimate of drug-likeness (QED) is 0.753. The number of benzene rings is 2. The lowest BCUT2D eigenvalue weighted by molar-refractivity contribution is -0.134. The van der Waals surface area contributed by atoms with Gasteiger partial charge in [-0.15, -0.1) is 0 Å². The first-order chi connectivity index (χ1) is 14.5. The van der Waals surface area contributed by atoms with Crippen LogP contribution in [0.25, 0.3) is 0 Å². The summed E-state index contributed by atoms with van der Waals surface area (Å²) in [6.07, 6.45) is 0. The summed E-state index contributed by atoms with van der Waals surface area (Å²) in [4.78, 5) is 17.2. The number of hydrogen-bond donors (Lipinski definition) is 0. The van der Waals surface area contributed by atoms with Gasteiger partial charge in [-0.25, -0.2) is 4.39 Å². The minimum absolute atomic E-state index is 0.113. The van der Waals surface area contributed by atoms with Gasteiger partial charge in [-0.1, -0.05) is 12.1 Å². The van der Waals surface area contributed by atoms with Gasteiger partial charge in [0.05, 0.1) is 13.0 Å². The number of hydrogen-bond acceptors (Lipinski definition) is 5. The van der Waals surface area contributed by atoms with E-state index >= 15 is 0 Å². The van der Waals surface area contributed by atoms with Crippen LogP contribution >= 0.6 is 0 Å². The van der Waals surface area contributed by atoms with Crippen molar-refractivity contribution in [3.63, 3.8) is 0 Å². The Morgan fingerprint density at radius 2 is 1.80 bits per heavy atom. The molecule has 1 fully saturated rings. The first-order valence-electron chi connectivity index (χ1n) is 10.3. The second kappa shape index (κ2) is 8.92. The maximum Gasteiger partial charge on any atom is 0.229 e. The number of halogens is 1. The van der Waals surface area contributed by atoms with E-state index in [2.05, 4.69) is 4.90 Å². The highest BCUT2D eigenvalue weighted by Gasteiger charge is 2.27. The van der Waals surface area contributed by atoms with Gasteiger partial charge in [-0.3, -0.25) is 9.69 Å². The van der Waals surface area contributed by atoms with Crippen molar-refractivity contribution in [1.82, 2.24) is 9.80 Å². The lowest BCUT2D eigenvalue weighted by atomic mass is 9.98. The van der Waals surface area contributed by atoms with Gasteiger partial charge in [0.1, 0.15) is 13.2 Å². The second-order valence-electron chi connectivity index (χ2n) is 7.70. The summed E-state index contributed by atoms with van der Waals surface area (Å²) in [7, 11) is 1.46. The fraction of sp³-hybridized carbons (Fsp3) is 0.435. The summed E-state index contributed by atoms with van der Waals surface area (Å²) >= 11 is 0. The fourth-order valence-corrected chi connectivity index (χ4v) is 3.94. The molecule has 0 radical (unpaired) electrons. The van der Waals surface area contributed by atoms with Crippen LogP contribution in [0.5, 0.6) is 17.2 Å². The normalized spacial score (nSPS) is 17.5. The number of nitrogens with zero attached hydrogens (tertiary/aromatic N) is 2. The van der Waals surface area contributed by atoms with Gasteiger partial charge < -0.3 is 19.1 Å². The minimum atomic E-state index is -0.350. The minimum Gasteiger partial charge on any atom is -0.494 e. The maximum atomic E-state index is 13.9. The highest BCUT2D eigenvalue weighted by Crippen LogP contribution is 2.33. The van der Waals surface area contributed by atoms with Gasteiger partial charge in [0, 0.05) is 32.7 Å². The number of fused-ring (bicyclic) bond motifs is 1. The van der Waals surface area contributed by atoms with E-state index in [1.54, 1.807) is 6.07 Å². The van der Waals surface area contributed by atoms with Crippen LogP contribution in [-0.2, 0) is 11.3 Å². The molecular formula is C23H27FN2O4. The summed E-state index contributed by atoms with van der Waals surface area (Å²) in [5, 5.41) is 0. The zero-order chi connectivity index (χ0) is 21.1. The molecule has 0 saturated carbocycles. The van der Waals surface area contributed by atoms with E-state index in [1.165, 1.54) is 13.2 Å². The molecule has 2 aromatic rings. The Kier molecular flexibility index (Phi) is 6.08. The van der Waals surface area contributed by atoms with Crippen LogP contribution in [0.2, 0.25) is 0 Å². The SMILES string of the molecule is COc1ccc(CN2CCN(C(=O)C(C)c3ccc4c(c3)OCCO4)CC2)cc1F. The largest absolute Gasteiger partial charge is 0.494 e. The van der Waals surface area contributed by atoms with Crippen molar-refractivity contribution in [2.24, 2.45) is 0 Å². The summed E-state index contributed by atoms with van der Waals surface area (Å²) < 4.78 is 30.1. The lowest BCUT2D eigenvalue weighted by Gasteiger charge is -2.36. The van der Waals surface area contributed by atoms with Crippen LogP contribution in [0.3, 0.4) is 0 Å². The Balaban J connectivity index is 1.33. The van der Waals surface area contributed by atoms with Crippen LogP contribution in [0.4, 0.5) is 4.39 Å². The molecule has 0 bridgehead atoms. The Bertz CT molecular complexity index is 912. The van der Waals surface area contributed by atoms with E-state index in [1.807, 2.05) is 36.1 Å². The zero-order valence-electron chi connectivity index (χ0n) is 17.4. The van der Waals surface area contributed by atoms with Crippen molar-refractivity contribution in [3.05, 3.63) is 53.3 Å². The van der Waals surface area contributed by atoms with E-state index in [9.17, 15) is 9.18 Å². The number of rotatable bonds is 5. The third-order valence-corrected chi connectivity index (χ3v) is 5.74. The number of ether oxygens (including phenoxy) is 3. The molecular weight excluding hydrogens is 387 g/mol. The molecule has 2 aromatic carbocycles. The third-order valence-electron chi connectivity index (χ3n) is 5.74. The van der Waals surface area contributed by atoms with E-state index in [0.717, 1.165) is 30.0 Å². The number of methoxy groups -OCH3 is 1. The molecule has 1 saturated heterocycles. The van der Waals surface area contributed by atoms with Crippen molar-refractivity contribution in [2.45, 2.75) is 19.4 Å². The summed E-state index contributed by atoms with van der Waals surface area (Å²) in [5.41, 5.74) is 1.83. The molecule has 7 heteroatoms. The van der Waals surface area contributed by atoms with Crippen LogP contribution in [0, 0.1) is 5.82 Å². The molecule has 1 unspecified atom stereocenters. The van der Waals surface area contributed by atoms with Gasteiger partial charge in [-0.2, -0.15) is 0 Å². The smallest absolute Gasteiger partial charge is 0.229 e. The van der Waals surface area contributed by atoms with Gasteiger partial charge in [0.15, 0.2) is 23.1 Å². The molecule has 0 aliphatic carbocycles. The van der Waals surface area contributed by atoms with Crippen LogP contribution < -0.4 is 14.2 Å². The van der Waals surface area contributed by atoms with E-state index in [0.29, 0.717) is 38.6 Å². The lowest BCUT2D eigenvalue weighted by Crippen LogP contribution is -2.49. The third kappa shape index (κ3) is 4.36. The highest BCUT2D eigenvalue weighted by molar-refractivity contribution is 5.83. The van der Waals surface area contributed by atoms with Gasteiger partial charge in [0.2, 0.25) is 5.91 Å². The molecule has 1 atom stereocenters. The average molecular weight is 414 g/mol. The highest BCUT2D eigenvalue weighted by atomic mass is 19.1. The Labute approximate surface area is 176 Å². The number of carbonyl (C=O) groups is 1. The molecule has 2 aliphatic heterocycles. The van der Waals surface area contributed by atoms with Crippen LogP contribution in [0.1, 0.15) is 24.0 Å². The summed E-state index contributed by atoms with van der Waals surface area (Å²) in [6.45, 7) is 6.49. The Morgan fingerprint density at radius 1 is 1.07 bits per heavy atom. The first-order valence-corrected chi connectivity index (χ1v) is 10.3. The van der Waals surface area contributed by atoms with Crippen molar-refractivity contribution in [2.75, 3.05) is 46.5 Å². The fourth-order valence-electron chi connectivity index (χ4n) is 3.94.